The number of nitrogens with zero attached hydrogens (tertiary/aromatic N) is 1. The fourth-order valence-corrected chi connectivity index (χ4v) is 2.96. The van der Waals surface area contributed by atoms with E-state index in [0.29, 0.717) is 17.1 Å². The molecule has 0 fully saturated rings. The molecule has 3 N–H and O–H groups in total. The summed E-state index contributed by atoms with van der Waals surface area (Å²) in [7, 11) is 0. The van der Waals surface area contributed by atoms with Gasteiger partial charge in [0, 0.05) is 17.6 Å². The maximum atomic E-state index is 13.0. The normalized spacial score (nSPS) is 12.9. The fourth-order valence-electron chi connectivity index (χ4n) is 2.96. The smallest absolute Gasteiger partial charge is 0.416 e. The minimum Gasteiger partial charge on any atom is -0.482 e. The van der Waals surface area contributed by atoms with E-state index in [4.69, 9.17) is 4.74 Å². The summed E-state index contributed by atoms with van der Waals surface area (Å²) in [5.74, 6) is -0.277. The highest BCUT2D eigenvalue weighted by Gasteiger charge is 2.30. The number of amides is 2. The van der Waals surface area contributed by atoms with Crippen molar-refractivity contribution in [1.82, 2.24) is 4.98 Å². The summed E-state index contributed by atoms with van der Waals surface area (Å²) in [5.41, 5.74) is 0.248. The van der Waals surface area contributed by atoms with E-state index in [1.807, 2.05) is 0 Å². The second kappa shape index (κ2) is 7.98. The topological polar surface area (TPSA) is 92.3 Å². The van der Waals surface area contributed by atoms with Gasteiger partial charge in [0.1, 0.15) is 11.6 Å². The van der Waals surface area contributed by atoms with Gasteiger partial charge in [-0.15, -0.1) is 0 Å². The minimum absolute atomic E-state index is 0.0844. The molecule has 1 aliphatic rings. The van der Waals surface area contributed by atoms with Gasteiger partial charge < -0.3 is 20.7 Å². The second-order valence-electron chi connectivity index (χ2n) is 6.61. The number of benzene rings is 2. The average Bonchev–Trinajstić information content (AvgIpc) is 2.73. The zero-order valence-electron chi connectivity index (χ0n) is 15.8. The van der Waals surface area contributed by atoms with E-state index in [1.54, 1.807) is 18.2 Å². The van der Waals surface area contributed by atoms with Gasteiger partial charge in [0.15, 0.2) is 6.61 Å². The van der Waals surface area contributed by atoms with Crippen LogP contribution in [-0.4, -0.2) is 23.4 Å². The van der Waals surface area contributed by atoms with Crippen LogP contribution in [0.1, 0.15) is 15.9 Å². The highest BCUT2D eigenvalue weighted by molar-refractivity contribution is 6.08. The molecule has 0 spiro atoms. The van der Waals surface area contributed by atoms with Crippen LogP contribution in [0.15, 0.2) is 60.8 Å². The van der Waals surface area contributed by atoms with Crippen LogP contribution in [0, 0.1) is 0 Å². The Balaban J connectivity index is 1.56. The molecule has 2 amide bonds. The molecule has 0 unspecified atom stereocenters. The van der Waals surface area contributed by atoms with Gasteiger partial charge in [0.2, 0.25) is 0 Å². The number of anilines is 4. The molecular weight excluding hydrogens is 413 g/mol. The Morgan fingerprint density at radius 2 is 1.90 bits per heavy atom. The van der Waals surface area contributed by atoms with Gasteiger partial charge in [-0.3, -0.25) is 9.59 Å². The van der Waals surface area contributed by atoms with Gasteiger partial charge in [-0.2, -0.15) is 13.2 Å². The number of ether oxygens (including phenoxy) is 1. The maximum absolute atomic E-state index is 13.0. The molecule has 158 valence electrons. The van der Waals surface area contributed by atoms with E-state index in [1.165, 1.54) is 30.5 Å². The van der Waals surface area contributed by atoms with Crippen molar-refractivity contribution in [3.8, 4) is 5.75 Å². The van der Waals surface area contributed by atoms with Crippen molar-refractivity contribution in [2.45, 2.75) is 6.18 Å². The molecule has 1 aromatic heterocycles. The first kappa shape index (κ1) is 20.2. The molecule has 10 heteroatoms. The fraction of sp³-hybridized carbons (Fsp3) is 0.0952. The van der Waals surface area contributed by atoms with E-state index in [-0.39, 0.29) is 29.6 Å². The predicted octanol–water partition coefficient (Wildman–Crippen LogP) is 4.43. The molecule has 31 heavy (non-hydrogen) atoms. The molecule has 0 bridgehead atoms. The summed E-state index contributed by atoms with van der Waals surface area (Å²) < 4.78 is 44.1. The molecule has 3 aromatic rings. The summed E-state index contributed by atoms with van der Waals surface area (Å²) in [4.78, 5) is 28.3. The summed E-state index contributed by atoms with van der Waals surface area (Å²) in [5, 5.41) is 8.08. The van der Waals surface area contributed by atoms with Crippen LogP contribution in [0.5, 0.6) is 5.75 Å². The minimum atomic E-state index is -4.49. The SMILES string of the molecule is O=C1COc2ccc(NC(=O)c3cccnc3Nc3cccc(C(F)(F)F)c3)cc2N1. The number of fused-ring (bicyclic) bond motifs is 1. The standard InChI is InChI=1S/C21H15F3N4O3/c22-21(23,24)12-3-1-4-13(9-12)26-19-15(5-2-8-25-19)20(30)27-14-6-7-17-16(10-14)28-18(29)11-31-17/h1-10H,11H2,(H,25,26)(H,27,30)(H,28,29). The molecule has 0 atom stereocenters. The zero-order valence-corrected chi connectivity index (χ0v) is 15.8. The molecular formula is C21H15F3N4O3. The molecule has 1 aliphatic heterocycles. The molecule has 0 aliphatic carbocycles. The van der Waals surface area contributed by atoms with Crippen LogP contribution in [0.3, 0.4) is 0 Å². The van der Waals surface area contributed by atoms with Gasteiger partial charge in [-0.25, -0.2) is 4.98 Å². The average molecular weight is 428 g/mol. The van der Waals surface area contributed by atoms with Gasteiger partial charge >= 0.3 is 6.18 Å². The van der Waals surface area contributed by atoms with Crippen molar-refractivity contribution in [3.05, 3.63) is 71.9 Å². The van der Waals surface area contributed by atoms with Crippen LogP contribution < -0.4 is 20.7 Å². The van der Waals surface area contributed by atoms with Crippen LogP contribution in [-0.2, 0) is 11.0 Å². The predicted molar refractivity (Wildman–Crippen MR) is 107 cm³/mol. The first-order chi connectivity index (χ1) is 14.8. The number of rotatable bonds is 4. The van der Waals surface area contributed by atoms with Crippen LogP contribution in [0.4, 0.5) is 36.1 Å². The molecule has 0 saturated heterocycles. The molecule has 2 heterocycles. The third-order valence-electron chi connectivity index (χ3n) is 4.38. The number of hydrogen-bond acceptors (Lipinski definition) is 5. The van der Waals surface area contributed by atoms with Gasteiger partial charge in [-0.05, 0) is 48.5 Å². The van der Waals surface area contributed by atoms with Crippen molar-refractivity contribution < 1.29 is 27.5 Å². The lowest BCUT2D eigenvalue weighted by Crippen LogP contribution is -2.25. The van der Waals surface area contributed by atoms with E-state index < -0.39 is 17.6 Å². The van der Waals surface area contributed by atoms with E-state index >= 15 is 0 Å². The van der Waals surface area contributed by atoms with E-state index in [2.05, 4.69) is 20.9 Å². The Hall–Kier alpha value is -4.08. The number of pyridine rings is 1. The van der Waals surface area contributed by atoms with E-state index in [9.17, 15) is 22.8 Å². The van der Waals surface area contributed by atoms with Crippen molar-refractivity contribution in [2.24, 2.45) is 0 Å². The maximum Gasteiger partial charge on any atom is 0.416 e. The Morgan fingerprint density at radius 1 is 1.06 bits per heavy atom. The van der Waals surface area contributed by atoms with Crippen molar-refractivity contribution >= 4 is 34.7 Å². The lowest BCUT2D eigenvalue weighted by atomic mass is 10.1. The number of alkyl halides is 3. The number of carbonyl (C=O) groups is 2. The van der Waals surface area contributed by atoms with Gasteiger partial charge in [0.25, 0.3) is 11.8 Å². The van der Waals surface area contributed by atoms with Crippen LogP contribution in [0.2, 0.25) is 0 Å². The number of carbonyl (C=O) groups excluding carboxylic acids is 2. The quantitative estimate of drug-likeness (QED) is 0.572. The lowest BCUT2D eigenvalue weighted by Gasteiger charge is -2.19. The number of aromatic nitrogens is 1. The summed E-state index contributed by atoms with van der Waals surface area (Å²) in [6, 6.07) is 12.4. The first-order valence-corrected chi connectivity index (χ1v) is 9.07. The Kier molecular flexibility index (Phi) is 5.20. The van der Waals surface area contributed by atoms with Crippen molar-refractivity contribution in [3.63, 3.8) is 0 Å². The van der Waals surface area contributed by atoms with E-state index in [0.717, 1.165) is 12.1 Å². The first-order valence-electron chi connectivity index (χ1n) is 9.07. The van der Waals surface area contributed by atoms with Gasteiger partial charge in [-0.1, -0.05) is 6.07 Å². The lowest BCUT2D eigenvalue weighted by molar-refractivity contribution is -0.137. The summed E-state index contributed by atoms with van der Waals surface area (Å²) >= 11 is 0. The Bertz CT molecular complexity index is 1160. The van der Waals surface area contributed by atoms with Crippen LogP contribution >= 0.6 is 0 Å². The summed E-state index contributed by atoms with van der Waals surface area (Å²) in [6.07, 6.45) is -3.08. The molecule has 2 aromatic carbocycles. The van der Waals surface area contributed by atoms with Crippen LogP contribution in [0.25, 0.3) is 0 Å². The Labute approximate surface area is 174 Å². The highest BCUT2D eigenvalue weighted by Crippen LogP contribution is 2.32. The van der Waals surface area contributed by atoms with Crippen molar-refractivity contribution in [1.29, 1.82) is 0 Å². The number of halogens is 3. The number of nitrogens with one attached hydrogen (secondary N) is 3. The third kappa shape index (κ3) is 4.58. The second-order valence-corrected chi connectivity index (χ2v) is 6.61. The molecule has 4 rings (SSSR count). The summed E-state index contributed by atoms with van der Waals surface area (Å²) in [6.45, 7) is -0.0844. The largest absolute Gasteiger partial charge is 0.482 e. The highest BCUT2D eigenvalue weighted by atomic mass is 19.4. The van der Waals surface area contributed by atoms with Gasteiger partial charge in [0.05, 0.1) is 16.8 Å². The Morgan fingerprint density at radius 3 is 2.71 bits per heavy atom. The number of hydrogen-bond donors (Lipinski definition) is 3. The monoisotopic (exact) mass is 428 g/mol. The third-order valence-corrected chi connectivity index (χ3v) is 4.38. The molecule has 0 saturated carbocycles. The zero-order chi connectivity index (χ0) is 22.0. The molecule has 7 nitrogen and oxygen atoms in total. The van der Waals surface area contributed by atoms with Crippen molar-refractivity contribution in [2.75, 3.05) is 22.6 Å². The molecule has 0 radical (unpaired) electrons.